The first-order chi connectivity index (χ1) is 13.8. The lowest BCUT2D eigenvalue weighted by Crippen LogP contribution is -2.45. The van der Waals surface area contributed by atoms with Gasteiger partial charge >= 0.3 is 11.9 Å². The van der Waals surface area contributed by atoms with Gasteiger partial charge in [-0.2, -0.15) is 4.72 Å². The number of nitrogens with one attached hydrogen (secondary N) is 2. The molecule has 29 heavy (non-hydrogen) atoms. The molecule has 0 unspecified atom stereocenters. The smallest absolute Gasteiger partial charge is 0.331 e. The van der Waals surface area contributed by atoms with Crippen molar-refractivity contribution in [3.05, 3.63) is 29.8 Å². The number of benzene rings is 1. The summed E-state index contributed by atoms with van der Waals surface area (Å²) in [6.07, 6.45) is 7.02. The average Bonchev–Trinajstić information content (AvgIpc) is 3.23. The molecule has 2 atom stereocenters. The van der Waals surface area contributed by atoms with Crippen LogP contribution >= 0.6 is 0 Å². The largest absolute Gasteiger partial charge is 0.391 e. The minimum absolute atomic E-state index is 0.0910. The van der Waals surface area contributed by atoms with E-state index in [0.29, 0.717) is 19.4 Å². The monoisotopic (exact) mass is 422 g/mol. The number of esters is 2. The molecular weight excluding hydrogens is 392 g/mol. The average molecular weight is 423 g/mol. The van der Waals surface area contributed by atoms with E-state index < -0.39 is 34.0 Å². The second-order valence-electron chi connectivity index (χ2n) is 8.12. The van der Waals surface area contributed by atoms with Crippen molar-refractivity contribution in [2.24, 2.45) is 5.92 Å². The molecule has 3 rings (SSSR count). The van der Waals surface area contributed by atoms with Crippen molar-refractivity contribution in [3.63, 3.8) is 0 Å². The van der Waals surface area contributed by atoms with E-state index >= 15 is 0 Å². The van der Waals surface area contributed by atoms with E-state index in [-0.39, 0.29) is 10.8 Å². The highest BCUT2D eigenvalue weighted by Crippen LogP contribution is 2.28. The molecular formula is C21H30N2O5S. The summed E-state index contributed by atoms with van der Waals surface area (Å²) in [5, 5.41) is 3.00. The molecule has 1 aliphatic heterocycles. The van der Waals surface area contributed by atoms with Crippen molar-refractivity contribution in [1.29, 1.82) is 0 Å². The zero-order valence-corrected chi connectivity index (χ0v) is 17.7. The van der Waals surface area contributed by atoms with Crippen LogP contribution in [0.1, 0.15) is 56.9 Å². The van der Waals surface area contributed by atoms with E-state index in [4.69, 9.17) is 4.74 Å². The SMILES string of the molecule is Cc1ccc(S(=O)(=O)N[C@@H](CC2CCCCC2)C(=O)OC(=O)[C@@H]2CCCN2)cc1. The molecule has 0 aromatic heterocycles. The van der Waals surface area contributed by atoms with Gasteiger partial charge < -0.3 is 10.1 Å². The van der Waals surface area contributed by atoms with E-state index in [9.17, 15) is 18.0 Å². The highest BCUT2D eigenvalue weighted by atomic mass is 32.2. The summed E-state index contributed by atoms with van der Waals surface area (Å²) in [5.74, 6) is -1.21. The van der Waals surface area contributed by atoms with Crippen LogP contribution in [0.3, 0.4) is 0 Å². The van der Waals surface area contributed by atoms with Gasteiger partial charge in [0.25, 0.3) is 0 Å². The molecule has 2 N–H and O–H groups in total. The predicted octanol–water partition coefficient (Wildman–Crippen LogP) is 2.43. The summed E-state index contributed by atoms with van der Waals surface area (Å²) >= 11 is 0. The highest BCUT2D eigenvalue weighted by Gasteiger charge is 2.33. The van der Waals surface area contributed by atoms with Crippen LogP contribution in [0.5, 0.6) is 0 Å². The van der Waals surface area contributed by atoms with Crippen LogP contribution < -0.4 is 10.0 Å². The minimum atomic E-state index is -3.90. The molecule has 8 heteroatoms. The Balaban J connectivity index is 1.73. The van der Waals surface area contributed by atoms with Gasteiger partial charge in [0.2, 0.25) is 10.0 Å². The lowest BCUT2D eigenvalue weighted by molar-refractivity contribution is -0.162. The molecule has 1 saturated heterocycles. The van der Waals surface area contributed by atoms with Gasteiger partial charge in [0.15, 0.2) is 0 Å². The summed E-state index contributed by atoms with van der Waals surface area (Å²) in [6, 6.07) is 4.86. The number of carbonyl (C=O) groups is 2. The summed E-state index contributed by atoms with van der Waals surface area (Å²) in [6.45, 7) is 2.58. The second kappa shape index (κ2) is 9.82. The fraction of sp³-hybridized carbons (Fsp3) is 0.619. The number of hydrogen-bond acceptors (Lipinski definition) is 6. The van der Waals surface area contributed by atoms with Crippen molar-refractivity contribution in [1.82, 2.24) is 10.0 Å². The molecule has 0 radical (unpaired) electrons. The summed E-state index contributed by atoms with van der Waals surface area (Å²) < 4.78 is 33.2. The van der Waals surface area contributed by atoms with Crippen molar-refractivity contribution in [2.45, 2.75) is 75.3 Å². The van der Waals surface area contributed by atoms with Gasteiger partial charge in [-0.05, 0) is 50.8 Å². The van der Waals surface area contributed by atoms with Crippen LogP contribution in [0, 0.1) is 12.8 Å². The Morgan fingerprint density at radius 3 is 2.41 bits per heavy atom. The molecule has 0 amide bonds. The maximum atomic E-state index is 12.8. The molecule has 0 spiro atoms. The molecule has 2 fully saturated rings. The number of aryl methyl sites for hydroxylation is 1. The van der Waals surface area contributed by atoms with Gasteiger partial charge in [0.1, 0.15) is 12.1 Å². The first-order valence-corrected chi connectivity index (χ1v) is 11.9. The quantitative estimate of drug-likeness (QED) is 0.517. The first-order valence-electron chi connectivity index (χ1n) is 10.4. The van der Waals surface area contributed by atoms with Crippen LogP contribution in [0.2, 0.25) is 0 Å². The van der Waals surface area contributed by atoms with Crippen LogP contribution in [0.4, 0.5) is 0 Å². The van der Waals surface area contributed by atoms with E-state index in [1.807, 2.05) is 6.92 Å². The number of hydrogen-bond donors (Lipinski definition) is 2. The topological polar surface area (TPSA) is 102 Å². The van der Waals surface area contributed by atoms with Gasteiger partial charge in [-0.15, -0.1) is 0 Å². The molecule has 1 aromatic rings. The number of rotatable bonds is 7. The summed E-state index contributed by atoms with van der Waals surface area (Å²) in [4.78, 5) is 25.1. The molecule has 7 nitrogen and oxygen atoms in total. The Morgan fingerprint density at radius 2 is 1.79 bits per heavy atom. The van der Waals surface area contributed by atoms with Gasteiger partial charge in [-0.1, -0.05) is 49.8 Å². The zero-order valence-electron chi connectivity index (χ0n) is 16.9. The lowest BCUT2D eigenvalue weighted by atomic mass is 9.85. The maximum Gasteiger partial charge on any atom is 0.331 e. The minimum Gasteiger partial charge on any atom is -0.391 e. The van der Waals surface area contributed by atoms with Crippen LogP contribution in [-0.4, -0.2) is 39.0 Å². The molecule has 1 heterocycles. The third-order valence-electron chi connectivity index (χ3n) is 5.75. The Labute approximate surface area is 172 Å². The summed E-state index contributed by atoms with van der Waals surface area (Å²) in [7, 11) is -3.90. The molecule has 2 aliphatic rings. The Kier molecular flexibility index (Phi) is 7.43. The molecule has 1 aromatic carbocycles. The van der Waals surface area contributed by atoms with Gasteiger partial charge in [0.05, 0.1) is 4.90 Å². The fourth-order valence-corrected chi connectivity index (χ4v) is 5.25. The number of sulfonamides is 1. The van der Waals surface area contributed by atoms with E-state index in [0.717, 1.165) is 44.1 Å². The highest BCUT2D eigenvalue weighted by molar-refractivity contribution is 7.89. The third kappa shape index (κ3) is 6.10. The van der Waals surface area contributed by atoms with Crippen molar-refractivity contribution in [3.8, 4) is 0 Å². The van der Waals surface area contributed by atoms with E-state index in [1.54, 1.807) is 12.1 Å². The van der Waals surface area contributed by atoms with E-state index in [2.05, 4.69) is 10.0 Å². The normalized spacial score (nSPS) is 21.6. The van der Waals surface area contributed by atoms with Crippen LogP contribution in [0.15, 0.2) is 29.2 Å². The van der Waals surface area contributed by atoms with Crippen molar-refractivity contribution >= 4 is 22.0 Å². The predicted molar refractivity (Wildman–Crippen MR) is 109 cm³/mol. The number of ether oxygens (including phenoxy) is 1. The maximum absolute atomic E-state index is 12.8. The third-order valence-corrected chi connectivity index (χ3v) is 7.24. The fourth-order valence-electron chi connectivity index (χ4n) is 4.05. The van der Waals surface area contributed by atoms with Crippen LogP contribution in [0.25, 0.3) is 0 Å². The van der Waals surface area contributed by atoms with Crippen LogP contribution in [-0.2, 0) is 24.3 Å². The van der Waals surface area contributed by atoms with Crippen molar-refractivity contribution < 1.29 is 22.7 Å². The van der Waals surface area contributed by atoms with Gasteiger partial charge in [-0.25, -0.2) is 18.0 Å². The Hall–Kier alpha value is -1.77. The Bertz CT molecular complexity index is 810. The first kappa shape index (κ1) is 21.9. The molecule has 160 valence electrons. The van der Waals surface area contributed by atoms with Crippen molar-refractivity contribution in [2.75, 3.05) is 6.54 Å². The second-order valence-corrected chi connectivity index (χ2v) is 9.83. The summed E-state index contributed by atoms with van der Waals surface area (Å²) in [5.41, 5.74) is 0.941. The van der Waals surface area contributed by atoms with Gasteiger partial charge in [-0.3, -0.25) is 0 Å². The van der Waals surface area contributed by atoms with E-state index in [1.165, 1.54) is 12.1 Å². The Morgan fingerprint density at radius 1 is 1.10 bits per heavy atom. The molecule has 0 bridgehead atoms. The number of carbonyl (C=O) groups excluding carboxylic acids is 2. The molecule has 1 saturated carbocycles. The molecule has 1 aliphatic carbocycles. The zero-order chi connectivity index (χ0) is 20.9. The standard InChI is InChI=1S/C21H30N2O5S/c1-15-9-11-17(12-10-15)29(26,27)23-19(14-16-6-3-2-4-7-16)21(25)28-20(24)18-8-5-13-22-18/h9-12,16,18-19,22-23H,2-8,13-14H2,1H3/t18-,19-/m0/s1. The van der Waals surface area contributed by atoms with Gasteiger partial charge in [0, 0.05) is 0 Å². The lowest BCUT2D eigenvalue weighted by Gasteiger charge is -2.26.